The van der Waals surface area contributed by atoms with Crippen molar-refractivity contribution in [3.05, 3.63) is 53.5 Å². The van der Waals surface area contributed by atoms with Crippen molar-refractivity contribution in [1.82, 2.24) is 14.6 Å². The third kappa shape index (κ3) is 3.11. The molecule has 2 aromatic heterocycles. The summed E-state index contributed by atoms with van der Waals surface area (Å²) < 4.78 is 15.5. The minimum Gasteiger partial charge on any atom is -0.370 e. The molecule has 0 saturated heterocycles. The van der Waals surface area contributed by atoms with Gasteiger partial charge in [-0.3, -0.25) is 0 Å². The summed E-state index contributed by atoms with van der Waals surface area (Å²) in [7, 11) is 0. The molecule has 120 valence electrons. The number of aromatic nitrogens is 3. The molecule has 0 spiro atoms. The second kappa shape index (κ2) is 6.64. The predicted molar refractivity (Wildman–Crippen MR) is 90.3 cm³/mol. The van der Waals surface area contributed by atoms with Crippen LogP contribution in [0.5, 0.6) is 0 Å². The Kier molecular flexibility index (Phi) is 4.41. The molecule has 3 rings (SSSR count). The molecule has 0 aliphatic rings. The smallest absolute Gasteiger partial charge is 0.162 e. The van der Waals surface area contributed by atoms with Gasteiger partial charge in [-0.2, -0.15) is 9.61 Å². The maximum atomic E-state index is 13.8. The van der Waals surface area contributed by atoms with Crippen LogP contribution in [0.15, 0.2) is 36.5 Å². The minimum atomic E-state index is -0.216. The Morgan fingerprint density at radius 1 is 1.13 bits per heavy atom. The van der Waals surface area contributed by atoms with Gasteiger partial charge in [-0.1, -0.05) is 25.1 Å². The van der Waals surface area contributed by atoms with Crippen LogP contribution in [-0.2, 0) is 13.0 Å². The fourth-order valence-electron chi connectivity index (χ4n) is 2.48. The molecule has 0 bridgehead atoms. The number of rotatable bonds is 6. The van der Waals surface area contributed by atoms with Crippen molar-refractivity contribution in [3.63, 3.8) is 0 Å². The van der Waals surface area contributed by atoms with Crippen molar-refractivity contribution < 1.29 is 4.39 Å². The molecule has 0 radical (unpaired) electrons. The second-order valence-corrected chi connectivity index (χ2v) is 5.26. The molecule has 0 saturated carbocycles. The Morgan fingerprint density at radius 2 is 1.96 bits per heavy atom. The highest BCUT2D eigenvalue weighted by Gasteiger charge is 2.11. The predicted octanol–water partition coefficient (Wildman–Crippen LogP) is 3.47. The van der Waals surface area contributed by atoms with Crippen LogP contribution in [-0.4, -0.2) is 21.1 Å². The Bertz CT molecular complexity index is 812. The van der Waals surface area contributed by atoms with Crippen LogP contribution in [0.4, 0.5) is 16.0 Å². The lowest BCUT2D eigenvalue weighted by molar-refractivity contribution is 0.612. The zero-order valence-electron chi connectivity index (χ0n) is 13.3. The topological polar surface area (TPSA) is 54.2 Å². The van der Waals surface area contributed by atoms with E-state index in [1.165, 1.54) is 6.07 Å². The Balaban J connectivity index is 1.95. The van der Waals surface area contributed by atoms with Crippen LogP contribution < -0.4 is 10.6 Å². The number of aryl methyl sites for hydroxylation is 1. The van der Waals surface area contributed by atoms with Gasteiger partial charge in [0.05, 0.1) is 6.20 Å². The monoisotopic (exact) mass is 313 g/mol. The molecule has 0 fully saturated rings. The van der Waals surface area contributed by atoms with E-state index in [0.29, 0.717) is 12.1 Å². The molecule has 2 N–H and O–H groups in total. The molecule has 3 aromatic rings. The van der Waals surface area contributed by atoms with Crippen molar-refractivity contribution in [2.45, 2.75) is 26.8 Å². The highest BCUT2D eigenvalue weighted by Crippen LogP contribution is 2.20. The summed E-state index contributed by atoms with van der Waals surface area (Å²) in [4.78, 5) is 4.60. The number of nitrogens with one attached hydrogen (secondary N) is 2. The van der Waals surface area contributed by atoms with E-state index >= 15 is 0 Å². The lowest BCUT2D eigenvalue weighted by Gasteiger charge is -2.12. The molecule has 0 amide bonds. The van der Waals surface area contributed by atoms with E-state index in [2.05, 4.69) is 27.6 Å². The minimum absolute atomic E-state index is 0.216. The fourth-order valence-corrected chi connectivity index (χ4v) is 2.48. The molecule has 23 heavy (non-hydrogen) atoms. The Labute approximate surface area is 134 Å². The van der Waals surface area contributed by atoms with Crippen LogP contribution in [0, 0.1) is 5.82 Å². The third-order valence-corrected chi connectivity index (χ3v) is 3.70. The molecular weight excluding hydrogens is 293 g/mol. The summed E-state index contributed by atoms with van der Waals surface area (Å²) in [5, 5.41) is 10.9. The van der Waals surface area contributed by atoms with E-state index in [9.17, 15) is 4.39 Å². The van der Waals surface area contributed by atoms with E-state index in [1.54, 1.807) is 16.6 Å². The highest BCUT2D eigenvalue weighted by atomic mass is 19.1. The molecule has 0 aliphatic heterocycles. The third-order valence-electron chi connectivity index (χ3n) is 3.70. The zero-order valence-corrected chi connectivity index (χ0v) is 13.3. The van der Waals surface area contributed by atoms with Crippen molar-refractivity contribution >= 4 is 17.3 Å². The van der Waals surface area contributed by atoms with Gasteiger partial charge in [-0.15, -0.1) is 0 Å². The van der Waals surface area contributed by atoms with Crippen LogP contribution in [0.3, 0.4) is 0 Å². The highest BCUT2D eigenvalue weighted by molar-refractivity contribution is 5.60. The summed E-state index contributed by atoms with van der Waals surface area (Å²) in [6, 6.07) is 8.64. The van der Waals surface area contributed by atoms with Crippen molar-refractivity contribution in [1.29, 1.82) is 0 Å². The number of hydrogen-bond donors (Lipinski definition) is 2. The maximum absolute atomic E-state index is 13.8. The largest absolute Gasteiger partial charge is 0.370 e. The average Bonchev–Trinajstić information content (AvgIpc) is 2.97. The number of benzene rings is 1. The average molecular weight is 313 g/mol. The molecule has 6 heteroatoms. The lowest BCUT2D eigenvalue weighted by Crippen LogP contribution is -2.09. The van der Waals surface area contributed by atoms with Crippen molar-refractivity contribution in [2.24, 2.45) is 0 Å². The van der Waals surface area contributed by atoms with Crippen LogP contribution in [0.25, 0.3) is 5.65 Å². The number of nitrogens with zero attached hydrogens (tertiary/aromatic N) is 3. The lowest BCUT2D eigenvalue weighted by atomic mass is 10.2. The van der Waals surface area contributed by atoms with Gasteiger partial charge in [0.1, 0.15) is 17.5 Å². The van der Waals surface area contributed by atoms with Crippen LogP contribution in [0.1, 0.15) is 25.0 Å². The summed E-state index contributed by atoms with van der Waals surface area (Å²) >= 11 is 0. The van der Waals surface area contributed by atoms with Gasteiger partial charge in [-0.25, -0.2) is 9.37 Å². The fraction of sp³-hybridized carbons (Fsp3) is 0.294. The first-order valence-corrected chi connectivity index (χ1v) is 7.81. The maximum Gasteiger partial charge on any atom is 0.162 e. The van der Waals surface area contributed by atoms with Gasteiger partial charge in [0.15, 0.2) is 5.65 Å². The van der Waals surface area contributed by atoms with Gasteiger partial charge >= 0.3 is 0 Å². The van der Waals surface area contributed by atoms with Gasteiger partial charge in [0.25, 0.3) is 0 Å². The quantitative estimate of drug-likeness (QED) is 0.731. The Morgan fingerprint density at radius 3 is 2.70 bits per heavy atom. The van der Waals surface area contributed by atoms with E-state index < -0.39 is 0 Å². The second-order valence-electron chi connectivity index (χ2n) is 5.26. The number of fused-ring (bicyclic) bond motifs is 1. The van der Waals surface area contributed by atoms with E-state index in [4.69, 9.17) is 0 Å². The SMILES string of the molecule is CCNc1cc(NCc2ccccc2F)n2ncc(CC)c2n1. The van der Waals surface area contributed by atoms with Gasteiger partial charge in [0.2, 0.25) is 0 Å². The van der Waals surface area contributed by atoms with Crippen molar-refractivity contribution in [3.8, 4) is 0 Å². The van der Waals surface area contributed by atoms with E-state index in [-0.39, 0.29) is 5.82 Å². The first-order chi connectivity index (χ1) is 11.2. The molecule has 5 nitrogen and oxygen atoms in total. The molecule has 2 heterocycles. The normalized spacial score (nSPS) is 10.9. The summed E-state index contributed by atoms with van der Waals surface area (Å²) in [5.74, 6) is 1.35. The first kappa shape index (κ1) is 15.3. The van der Waals surface area contributed by atoms with Crippen molar-refractivity contribution in [2.75, 3.05) is 17.2 Å². The zero-order chi connectivity index (χ0) is 16.2. The number of halogens is 1. The standard InChI is InChI=1S/C17H20FN5/c1-3-12-11-21-23-16(9-15(19-4-2)22-17(12)23)20-10-13-7-5-6-8-14(13)18/h5-9,11,20H,3-4,10H2,1-2H3,(H,19,22). The molecule has 0 atom stereocenters. The molecule has 0 aliphatic carbocycles. The number of hydrogen-bond acceptors (Lipinski definition) is 4. The van der Waals surface area contributed by atoms with Gasteiger partial charge in [0, 0.05) is 30.3 Å². The summed E-state index contributed by atoms with van der Waals surface area (Å²) in [6.07, 6.45) is 2.69. The Hall–Kier alpha value is -2.63. The van der Waals surface area contributed by atoms with E-state index in [1.807, 2.05) is 25.3 Å². The molecule has 1 aromatic carbocycles. The molecular formula is C17H20FN5. The van der Waals surface area contributed by atoms with Crippen LogP contribution >= 0.6 is 0 Å². The van der Waals surface area contributed by atoms with Gasteiger partial charge < -0.3 is 10.6 Å². The summed E-state index contributed by atoms with van der Waals surface area (Å²) in [6.45, 7) is 5.27. The first-order valence-electron chi connectivity index (χ1n) is 7.81. The summed E-state index contributed by atoms with van der Waals surface area (Å²) in [5.41, 5.74) is 2.52. The van der Waals surface area contributed by atoms with E-state index in [0.717, 1.165) is 35.8 Å². The van der Waals surface area contributed by atoms with Crippen LogP contribution in [0.2, 0.25) is 0 Å². The van der Waals surface area contributed by atoms with Gasteiger partial charge in [-0.05, 0) is 19.4 Å². The molecule has 0 unspecified atom stereocenters. The number of anilines is 2.